The van der Waals surface area contributed by atoms with Crippen LogP contribution in [0.25, 0.3) is 0 Å². The second-order valence-electron chi connectivity index (χ2n) is 4.77. The first-order chi connectivity index (χ1) is 8.77. The van der Waals surface area contributed by atoms with E-state index in [-0.39, 0.29) is 0 Å². The van der Waals surface area contributed by atoms with E-state index in [1.165, 1.54) is 12.8 Å². The molecule has 0 amide bonds. The SMILES string of the molecule is Clc1cccc(COCCC2CCCNC2)c1Cl. The number of hydrogen-bond donors (Lipinski definition) is 1. The van der Waals surface area contributed by atoms with Crippen molar-refractivity contribution >= 4 is 23.2 Å². The van der Waals surface area contributed by atoms with Gasteiger partial charge in [0.1, 0.15) is 0 Å². The Labute approximate surface area is 119 Å². The van der Waals surface area contributed by atoms with Crippen molar-refractivity contribution in [2.75, 3.05) is 19.7 Å². The molecule has 2 rings (SSSR count). The van der Waals surface area contributed by atoms with Crippen molar-refractivity contribution in [3.05, 3.63) is 33.8 Å². The van der Waals surface area contributed by atoms with Crippen LogP contribution >= 0.6 is 23.2 Å². The fraction of sp³-hybridized carbons (Fsp3) is 0.571. The number of piperidine rings is 1. The molecular weight excluding hydrogens is 269 g/mol. The van der Waals surface area contributed by atoms with Crippen molar-refractivity contribution in [3.63, 3.8) is 0 Å². The molecule has 18 heavy (non-hydrogen) atoms. The van der Waals surface area contributed by atoms with Crippen molar-refractivity contribution < 1.29 is 4.74 Å². The van der Waals surface area contributed by atoms with Gasteiger partial charge in [0.2, 0.25) is 0 Å². The van der Waals surface area contributed by atoms with E-state index in [2.05, 4.69) is 5.32 Å². The monoisotopic (exact) mass is 287 g/mol. The first-order valence-corrected chi connectivity index (χ1v) is 7.24. The minimum atomic E-state index is 0.541. The van der Waals surface area contributed by atoms with Gasteiger partial charge in [0, 0.05) is 6.61 Å². The van der Waals surface area contributed by atoms with Gasteiger partial charge in [-0.25, -0.2) is 0 Å². The molecule has 1 fully saturated rings. The molecule has 4 heteroatoms. The maximum Gasteiger partial charge on any atom is 0.0731 e. The molecule has 1 aromatic rings. The third-order valence-corrected chi connectivity index (χ3v) is 4.22. The quantitative estimate of drug-likeness (QED) is 0.830. The van der Waals surface area contributed by atoms with Gasteiger partial charge in [0.15, 0.2) is 0 Å². The minimum absolute atomic E-state index is 0.541. The van der Waals surface area contributed by atoms with Gasteiger partial charge >= 0.3 is 0 Å². The molecule has 1 N–H and O–H groups in total. The molecule has 1 aliphatic heterocycles. The fourth-order valence-corrected chi connectivity index (χ4v) is 2.64. The highest BCUT2D eigenvalue weighted by molar-refractivity contribution is 6.42. The maximum absolute atomic E-state index is 6.10. The van der Waals surface area contributed by atoms with Gasteiger partial charge in [-0.15, -0.1) is 0 Å². The van der Waals surface area contributed by atoms with Gasteiger partial charge in [-0.3, -0.25) is 0 Å². The van der Waals surface area contributed by atoms with E-state index in [4.69, 9.17) is 27.9 Å². The second-order valence-corrected chi connectivity index (χ2v) is 5.55. The molecule has 1 aliphatic rings. The predicted octanol–water partition coefficient (Wildman–Crippen LogP) is 3.90. The Hall–Kier alpha value is -0.280. The summed E-state index contributed by atoms with van der Waals surface area (Å²) >= 11 is 12.1. The van der Waals surface area contributed by atoms with Crippen molar-refractivity contribution in [1.82, 2.24) is 5.32 Å². The predicted molar refractivity (Wildman–Crippen MR) is 76.3 cm³/mol. The lowest BCUT2D eigenvalue weighted by Crippen LogP contribution is -2.30. The highest BCUT2D eigenvalue weighted by Crippen LogP contribution is 2.26. The smallest absolute Gasteiger partial charge is 0.0731 e. The van der Waals surface area contributed by atoms with E-state index in [0.29, 0.717) is 16.7 Å². The summed E-state index contributed by atoms with van der Waals surface area (Å²) in [6.07, 6.45) is 3.71. The highest BCUT2D eigenvalue weighted by Gasteiger charge is 2.12. The van der Waals surface area contributed by atoms with E-state index in [0.717, 1.165) is 37.6 Å². The lowest BCUT2D eigenvalue weighted by Gasteiger charge is -2.22. The van der Waals surface area contributed by atoms with Crippen LogP contribution in [0, 0.1) is 5.92 Å². The number of benzene rings is 1. The molecule has 1 atom stereocenters. The Morgan fingerprint density at radius 3 is 3.00 bits per heavy atom. The fourth-order valence-electron chi connectivity index (χ4n) is 2.26. The standard InChI is InChI=1S/C14H19Cl2NO/c15-13-5-1-4-12(14(13)16)10-18-8-6-11-3-2-7-17-9-11/h1,4-5,11,17H,2-3,6-10H2. The van der Waals surface area contributed by atoms with Crippen molar-refractivity contribution in [2.24, 2.45) is 5.92 Å². The summed E-state index contributed by atoms with van der Waals surface area (Å²) in [4.78, 5) is 0. The highest BCUT2D eigenvalue weighted by atomic mass is 35.5. The number of ether oxygens (including phenoxy) is 1. The lowest BCUT2D eigenvalue weighted by molar-refractivity contribution is 0.103. The van der Waals surface area contributed by atoms with Crippen LogP contribution in [-0.4, -0.2) is 19.7 Å². The molecule has 100 valence electrons. The summed E-state index contributed by atoms with van der Waals surface area (Å²) in [6.45, 7) is 3.62. The first-order valence-electron chi connectivity index (χ1n) is 6.48. The van der Waals surface area contributed by atoms with Gasteiger partial charge in [-0.05, 0) is 49.9 Å². The van der Waals surface area contributed by atoms with Crippen LogP contribution in [0.2, 0.25) is 10.0 Å². The second kappa shape index (κ2) is 7.34. The van der Waals surface area contributed by atoms with Crippen LogP contribution in [-0.2, 0) is 11.3 Å². The van der Waals surface area contributed by atoms with Crippen LogP contribution in [0.1, 0.15) is 24.8 Å². The Bertz CT molecular complexity index is 378. The molecule has 1 aromatic carbocycles. The summed E-state index contributed by atoms with van der Waals surface area (Å²) < 4.78 is 5.69. The zero-order valence-corrected chi connectivity index (χ0v) is 11.9. The molecule has 0 aliphatic carbocycles. The number of rotatable bonds is 5. The number of hydrogen-bond acceptors (Lipinski definition) is 2. The number of halogens is 2. The Balaban J connectivity index is 1.70. The van der Waals surface area contributed by atoms with Crippen LogP contribution < -0.4 is 5.32 Å². The van der Waals surface area contributed by atoms with E-state index < -0.39 is 0 Å². The first kappa shape index (κ1) is 14.1. The van der Waals surface area contributed by atoms with Crippen molar-refractivity contribution in [2.45, 2.75) is 25.9 Å². The number of nitrogens with one attached hydrogen (secondary N) is 1. The van der Waals surface area contributed by atoms with Crippen LogP contribution in [0.4, 0.5) is 0 Å². The van der Waals surface area contributed by atoms with Crippen molar-refractivity contribution in [3.8, 4) is 0 Å². The molecule has 2 nitrogen and oxygen atoms in total. The van der Waals surface area contributed by atoms with Crippen LogP contribution in [0.15, 0.2) is 18.2 Å². The molecule has 0 aromatic heterocycles. The van der Waals surface area contributed by atoms with Gasteiger partial charge < -0.3 is 10.1 Å². The third-order valence-electron chi connectivity index (χ3n) is 3.36. The minimum Gasteiger partial charge on any atom is -0.377 e. The van der Waals surface area contributed by atoms with E-state index in [1.54, 1.807) is 6.07 Å². The topological polar surface area (TPSA) is 21.3 Å². The summed E-state index contributed by atoms with van der Waals surface area (Å²) in [7, 11) is 0. The zero-order valence-electron chi connectivity index (χ0n) is 10.4. The van der Waals surface area contributed by atoms with E-state index >= 15 is 0 Å². The van der Waals surface area contributed by atoms with E-state index in [1.807, 2.05) is 12.1 Å². The van der Waals surface area contributed by atoms with Gasteiger partial charge in [-0.1, -0.05) is 35.3 Å². The summed E-state index contributed by atoms with van der Waals surface area (Å²) in [5, 5.41) is 4.62. The average molecular weight is 288 g/mol. The zero-order chi connectivity index (χ0) is 12.8. The lowest BCUT2D eigenvalue weighted by atomic mass is 9.97. The van der Waals surface area contributed by atoms with Crippen LogP contribution in [0.5, 0.6) is 0 Å². The Morgan fingerprint density at radius 1 is 1.33 bits per heavy atom. The summed E-state index contributed by atoms with van der Waals surface area (Å²) in [5.74, 6) is 0.758. The summed E-state index contributed by atoms with van der Waals surface area (Å²) in [5.41, 5.74) is 0.964. The molecule has 1 heterocycles. The van der Waals surface area contributed by atoms with E-state index in [9.17, 15) is 0 Å². The molecule has 1 saturated heterocycles. The molecule has 0 bridgehead atoms. The normalized spacial score (nSPS) is 20.0. The van der Waals surface area contributed by atoms with Crippen LogP contribution in [0.3, 0.4) is 0 Å². The Morgan fingerprint density at radius 2 is 2.22 bits per heavy atom. The molecule has 0 radical (unpaired) electrons. The van der Waals surface area contributed by atoms with Gasteiger partial charge in [-0.2, -0.15) is 0 Å². The maximum atomic E-state index is 6.10. The van der Waals surface area contributed by atoms with Gasteiger partial charge in [0.05, 0.1) is 16.7 Å². The van der Waals surface area contributed by atoms with Crippen molar-refractivity contribution in [1.29, 1.82) is 0 Å². The van der Waals surface area contributed by atoms with Gasteiger partial charge in [0.25, 0.3) is 0 Å². The summed E-state index contributed by atoms with van der Waals surface area (Å²) in [6, 6.07) is 5.65. The largest absolute Gasteiger partial charge is 0.377 e. The molecule has 1 unspecified atom stereocenters. The molecule has 0 saturated carbocycles. The molecule has 0 spiro atoms. The average Bonchev–Trinajstić information content (AvgIpc) is 2.40. The molecular formula is C14H19Cl2NO. The third kappa shape index (κ3) is 4.13. The Kier molecular flexibility index (Phi) is 5.77.